The van der Waals surface area contributed by atoms with Crippen molar-refractivity contribution in [3.05, 3.63) is 102 Å². The lowest BCUT2D eigenvalue weighted by atomic mass is 10.0. The summed E-state index contributed by atoms with van der Waals surface area (Å²) in [6.45, 7) is 3.89. The summed E-state index contributed by atoms with van der Waals surface area (Å²) in [5.41, 5.74) is 9.76. The third-order valence-electron chi connectivity index (χ3n) is 4.90. The highest BCUT2D eigenvalue weighted by Crippen LogP contribution is 2.24. The second-order valence-corrected chi connectivity index (χ2v) is 7.11. The lowest BCUT2D eigenvalue weighted by Gasteiger charge is -2.03. The smallest absolute Gasteiger partial charge is 0.272 e. The van der Waals surface area contributed by atoms with Crippen LogP contribution in [0.4, 0.5) is 0 Å². The SMILES string of the molecule is CC(=NNC(=O)c1cc(-c2ccc(-c3ccccc3)cc2)n[nH]1)c1ccc(C)cc1. The first-order valence-corrected chi connectivity index (χ1v) is 9.73. The second-order valence-electron chi connectivity index (χ2n) is 7.11. The predicted octanol–water partition coefficient (Wildman–Crippen LogP) is 5.21. The molecule has 148 valence electrons. The van der Waals surface area contributed by atoms with Gasteiger partial charge in [0.2, 0.25) is 0 Å². The molecule has 0 aliphatic carbocycles. The van der Waals surface area contributed by atoms with Crippen molar-refractivity contribution in [2.75, 3.05) is 0 Å². The van der Waals surface area contributed by atoms with E-state index in [1.807, 2.05) is 80.6 Å². The molecule has 0 saturated heterocycles. The number of carbonyl (C=O) groups is 1. The van der Waals surface area contributed by atoms with Gasteiger partial charge in [-0.25, -0.2) is 5.43 Å². The molecule has 2 N–H and O–H groups in total. The average Bonchev–Trinajstić information content (AvgIpc) is 3.29. The van der Waals surface area contributed by atoms with Crippen LogP contribution in [0.15, 0.2) is 90.0 Å². The molecule has 3 aromatic carbocycles. The Morgan fingerprint density at radius 1 is 0.867 bits per heavy atom. The monoisotopic (exact) mass is 394 g/mol. The molecule has 1 heterocycles. The highest BCUT2D eigenvalue weighted by molar-refractivity contribution is 6.00. The fourth-order valence-electron chi connectivity index (χ4n) is 3.10. The maximum absolute atomic E-state index is 12.4. The molecule has 4 aromatic rings. The van der Waals surface area contributed by atoms with Gasteiger partial charge < -0.3 is 0 Å². The summed E-state index contributed by atoms with van der Waals surface area (Å²) in [7, 11) is 0. The van der Waals surface area contributed by atoms with Crippen LogP contribution in [0.5, 0.6) is 0 Å². The van der Waals surface area contributed by atoms with Crippen molar-refractivity contribution in [2.24, 2.45) is 5.10 Å². The minimum atomic E-state index is -0.332. The zero-order valence-corrected chi connectivity index (χ0v) is 16.9. The van der Waals surface area contributed by atoms with Crippen molar-refractivity contribution in [2.45, 2.75) is 13.8 Å². The van der Waals surface area contributed by atoms with Crippen molar-refractivity contribution in [3.8, 4) is 22.4 Å². The Kier molecular flexibility index (Phi) is 5.52. The number of rotatable bonds is 5. The van der Waals surface area contributed by atoms with Crippen molar-refractivity contribution in [1.29, 1.82) is 0 Å². The number of hydrazone groups is 1. The molecule has 0 saturated carbocycles. The van der Waals surface area contributed by atoms with Gasteiger partial charge in [-0.05, 0) is 36.6 Å². The molecule has 5 nitrogen and oxygen atoms in total. The largest absolute Gasteiger partial charge is 0.289 e. The third-order valence-corrected chi connectivity index (χ3v) is 4.90. The minimum Gasteiger partial charge on any atom is -0.272 e. The summed E-state index contributed by atoms with van der Waals surface area (Å²) in [5.74, 6) is -0.332. The molecule has 1 aromatic heterocycles. The molecule has 4 rings (SSSR count). The number of amides is 1. The summed E-state index contributed by atoms with van der Waals surface area (Å²) >= 11 is 0. The molecule has 0 aliphatic rings. The molecule has 0 atom stereocenters. The second kappa shape index (κ2) is 8.57. The molecular formula is C25H22N4O. The minimum absolute atomic E-state index is 0.332. The zero-order chi connectivity index (χ0) is 20.9. The topological polar surface area (TPSA) is 70.1 Å². The van der Waals surface area contributed by atoms with Gasteiger partial charge >= 0.3 is 0 Å². The molecule has 1 amide bonds. The summed E-state index contributed by atoms with van der Waals surface area (Å²) in [6.07, 6.45) is 0. The normalized spacial score (nSPS) is 11.3. The zero-order valence-electron chi connectivity index (χ0n) is 16.9. The third kappa shape index (κ3) is 4.36. The van der Waals surface area contributed by atoms with E-state index in [-0.39, 0.29) is 5.91 Å². The number of hydrogen-bond acceptors (Lipinski definition) is 3. The van der Waals surface area contributed by atoms with Crippen LogP contribution in [-0.4, -0.2) is 21.8 Å². The van der Waals surface area contributed by atoms with Crippen LogP contribution in [0, 0.1) is 6.92 Å². The van der Waals surface area contributed by atoms with E-state index in [1.54, 1.807) is 6.07 Å². The van der Waals surface area contributed by atoms with E-state index in [2.05, 4.69) is 32.9 Å². The van der Waals surface area contributed by atoms with Crippen LogP contribution in [0.3, 0.4) is 0 Å². The fourth-order valence-corrected chi connectivity index (χ4v) is 3.10. The molecule has 0 unspecified atom stereocenters. The summed E-state index contributed by atoms with van der Waals surface area (Å²) in [4.78, 5) is 12.4. The van der Waals surface area contributed by atoms with Gasteiger partial charge in [-0.15, -0.1) is 0 Å². The number of nitrogens with one attached hydrogen (secondary N) is 2. The molecule has 0 radical (unpaired) electrons. The van der Waals surface area contributed by atoms with Crippen molar-refractivity contribution in [3.63, 3.8) is 0 Å². The number of benzene rings is 3. The molecule has 0 fully saturated rings. The van der Waals surface area contributed by atoms with Gasteiger partial charge in [0.25, 0.3) is 5.91 Å². The Balaban J connectivity index is 1.45. The Hall–Kier alpha value is -3.99. The predicted molar refractivity (Wildman–Crippen MR) is 120 cm³/mol. The lowest BCUT2D eigenvalue weighted by Crippen LogP contribution is -2.19. The first kappa shape index (κ1) is 19.3. The Bertz CT molecular complexity index is 1170. The van der Waals surface area contributed by atoms with Crippen LogP contribution in [0.25, 0.3) is 22.4 Å². The first-order chi connectivity index (χ1) is 14.6. The number of aryl methyl sites for hydroxylation is 1. The average molecular weight is 394 g/mol. The Labute approximate surface area is 175 Å². The lowest BCUT2D eigenvalue weighted by molar-refractivity contribution is 0.0950. The molecule has 0 bridgehead atoms. The van der Waals surface area contributed by atoms with E-state index >= 15 is 0 Å². The molecule has 5 heteroatoms. The standard InChI is InChI=1S/C25H22N4O/c1-17-8-10-19(11-9-17)18(2)26-29-25(30)24-16-23(27-28-24)22-14-12-21(13-15-22)20-6-4-3-5-7-20/h3-16H,1-2H3,(H,27,28)(H,29,30). The van der Waals surface area contributed by atoms with E-state index in [9.17, 15) is 4.79 Å². The van der Waals surface area contributed by atoms with E-state index in [0.29, 0.717) is 11.4 Å². The summed E-state index contributed by atoms with van der Waals surface area (Å²) < 4.78 is 0. The van der Waals surface area contributed by atoms with Crippen LogP contribution in [-0.2, 0) is 0 Å². The molecule has 0 aliphatic heterocycles. The van der Waals surface area contributed by atoms with Crippen molar-refractivity contribution >= 4 is 11.6 Å². The molecular weight excluding hydrogens is 372 g/mol. The highest BCUT2D eigenvalue weighted by Gasteiger charge is 2.11. The van der Waals surface area contributed by atoms with Gasteiger partial charge in [0.1, 0.15) is 5.69 Å². The number of hydrogen-bond donors (Lipinski definition) is 2. The number of aromatic amines is 1. The van der Waals surface area contributed by atoms with Crippen LogP contribution in [0.2, 0.25) is 0 Å². The fraction of sp³-hybridized carbons (Fsp3) is 0.0800. The van der Waals surface area contributed by atoms with Gasteiger partial charge in [0, 0.05) is 5.56 Å². The quantitative estimate of drug-likeness (QED) is 0.360. The Morgan fingerprint density at radius 2 is 1.50 bits per heavy atom. The Morgan fingerprint density at radius 3 is 2.20 bits per heavy atom. The molecule has 30 heavy (non-hydrogen) atoms. The maximum atomic E-state index is 12.4. The summed E-state index contributed by atoms with van der Waals surface area (Å²) in [5, 5.41) is 11.3. The van der Waals surface area contributed by atoms with Crippen LogP contribution >= 0.6 is 0 Å². The number of carbonyl (C=O) groups excluding carboxylic acids is 1. The van der Waals surface area contributed by atoms with Crippen LogP contribution in [0.1, 0.15) is 28.5 Å². The van der Waals surface area contributed by atoms with Gasteiger partial charge in [-0.3, -0.25) is 9.89 Å². The number of aromatic nitrogens is 2. The van der Waals surface area contributed by atoms with E-state index in [1.165, 1.54) is 5.56 Å². The van der Waals surface area contributed by atoms with Gasteiger partial charge in [0.05, 0.1) is 11.4 Å². The van der Waals surface area contributed by atoms with E-state index < -0.39 is 0 Å². The van der Waals surface area contributed by atoms with Gasteiger partial charge in [-0.1, -0.05) is 84.4 Å². The van der Waals surface area contributed by atoms with Gasteiger partial charge in [-0.2, -0.15) is 10.2 Å². The van der Waals surface area contributed by atoms with Gasteiger partial charge in [0.15, 0.2) is 0 Å². The maximum Gasteiger partial charge on any atom is 0.289 e. The first-order valence-electron chi connectivity index (χ1n) is 9.73. The highest BCUT2D eigenvalue weighted by atomic mass is 16.2. The van der Waals surface area contributed by atoms with E-state index in [0.717, 1.165) is 28.0 Å². The number of nitrogens with zero attached hydrogens (tertiary/aromatic N) is 2. The van der Waals surface area contributed by atoms with Crippen molar-refractivity contribution in [1.82, 2.24) is 15.6 Å². The van der Waals surface area contributed by atoms with Crippen molar-refractivity contribution < 1.29 is 4.79 Å². The summed E-state index contributed by atoms with van der Waals surface area (Å²) in [6, 6.07) is 28.0. The molecule has 0 spiro atoms. The van der Waals surface area contributed by atoms with Crippen LogP contribution < -0.4 is 5.43 Å². The van der Waals surface area contributed by atoms with E-state index in [4.69, 9.17) is 0 Å². The number of H-pyrrole nitrogens is 1.